The maximum absolute atomic E-state index is 12.4. The van der Waals surface area contributed by atoms with Gasteiger partial charge in [-0.15, -0.1) is 0 Å². The molecule has 3 rings (SSSR count). The number of rotatable bonds is 1. The Morgan fingerprint density at radius 3 is 3.00 bits per heavy atom. The second-order valence-electron chi connectivity index (χ2n) is 4.79. The minimum Gasteiger partial charge on any atom is -0.316 e. The van der Waals surface area contributed by atoms with Crippen molar-refractivity contribution in [3.8, 4) is 0 Å². The van der Waals surface area contributed by atoms with Crippen LogP contribution in [0, 0.1) is 5.41 Å². The monoisotopic (exact) mass is 220 g/mol. The number of nitrogens with zero attached hydrogens (tertiary/aromatic N) is 3. The number of carbonyl (C=O) groups excluding carboxylic acids is 1. The minimum absolute atomic E-state index is 0.129. The number of anilines is 1. The van der Waals surface area contributed by atoms with Gasteiger partial charge < -0.3 is 10.2 Å². The van der Waals surface area contributed by atoms with E-state index in [2.05, 4.69) is 10.4 Å². The molecule has 2 saturated heterocycles. The first-order valence-corrected chi connectivity index (χ1v) is 5.73. The molecule has 3 heterocycles. The normalized spacial score (nSPS) is 29.6. The Hall–Kier alpha value is -1.36. The zero-order valence-corrected chi connectivity index (χ0v) is 9.44. The standard InChI is InChI=1S/C11H16N4O/c1-14-7-9(6-13-14)15-5-3-11(10(15)16)2-4-12-8-11/h6-7,12H,2-5,8H2,1H3. The third-order valence-electron chi connectivity index (χ3n) is 3.76. The van der Waals surface area contributed by atoms with Crippen LogP contribution in [-0.4, -0.2) is 35.3 Å². The number of carbonyl (C=O) groups is 1. The first-order chi connectivity index (χ1) is 7.71. The van der Waals surface area contributed by atoms with Gasteiger partial charge >= 0.3 is 0 Å². The van der Waals surface area contributed by atoms with Crippen LogP contribution in [0.25, 0.3) is 0 Å². The summed E-state index contributed by atoms with van der Waals surface area (Å²) in [5.41, 5.74) is 0.798. The molecule has 1 aromatic heterocycles. The quantitative estimate of drug-likeness (QED) is 0.732. The molecule has 5 heteroatoms. The Bertz CT molecular complexity index is 419. The van der Waals surface area contributed by atoms with Gasteiger partial charge in [-0.1, -0.05) is 0 Å². The largest absolute Gasteiger partial charge is 0.316 e. The van der Waals surface area contributed by atoms with Crippen molar-refractivity contribution < 1.29 is 4.79 Å². The van der Waals surface area contributed by atoms with Crippen molar-refractivity contribution in [3.05, 3.63) is 12.4 Å². The van der Waals surface area contributed by atoms with Crippen LogP contribution >= 0.6 is 0 Å². The lowest BCUT2D eigenvalue weighted by Crippen LogP contribution is -2.36. The molecule has 2 aliphatic heterocycles. The number of aryl methyl sites for hydroxylation is 1. The second-order valence-corrected chi connectivity index (χ2v) is 4.79. The smallest absolute Gasteiger partial charge is 0.234 e. The zero-order valence-electron chi connectivity index (χ0n) is 9.44. The van der Waals surface area contributed by atoms with Crippen molar-refractivity contribution in [2.45, 2.75) is 12.8 Å². The number of nitrogens with one attached hydrogen (secondary N) is 1. The summed E-state index contributed by atoms with van der Waals surface area (Å²) in [5.74, 6) is 0.269. The Labute approximate surface area is 94.4 Å². The van der Waals surface area contributed by atoms with E-state index in [1.54, 1.807) is 10.9 Å². The van der Waals surface area contributed by atoms with Gasteiger partial charge in [0, 0.05) is 26.3 Å². The lowest BCUT2D eigenvalue weighted by Gasteiger charge is -2.20. The molecule has 2 fully saturated rings. The summed E-state index contributed by atoms with van der Waals surface area (Å²) in [6.45, 7) is 2.63. The van der Waals surface area contributed by atoms with E-state index in [-0.39, 0.29) is 11.3 Å². The van der Waals surface area contributed by atoms with Crippen LogP contribution in [0.15, 0.2) is 12.4 Å². The fourth-order valence-corrected chi connectivity index (χ4v) is 2.75. The van der Waals surface area contributed by atoms with E-state index in [1.807, 2.05) is 18.1 Å². The highest BCUT2D eigenvalue weighted by atomic mass is 16.2. The molecule has 1 spiro atoms. The summed E-state index contributed by atoms with van der Waals surface area (Å²) in [4.78, 5) is 14.3. The summed E-state index contributed by atoms with van der Waals surface area (Å²) >= 11 is 0. The van der Waals surface area contributed by atoms with Gasteiger partial charge in [-0.3, -0.25) is 9.48 Å². The molecule has 1 N–H and O–H groups in total. The molecular formula is C11H16N4O. The van der Waals surface area contributed by atoms with E-state index in [0.717, 1.165) is 38.2 Å². The number of hydrogen-bond acceptors (Lipinski definition) is 3. The van der Waals surface area contributed by atoms with E-state index in [1.165, 1.54) is 0 Å². The average Bonchev–Trinajstić information content (AvgIpc) is 2.94. The van der Waals surface area contributed by atoms with Crippen LogP contribution < -0.4 is 10.2 Å². The van der Waals surface area contributed by atoms with E-state index in [0.29, 0.717) is 0 Å². The fraction of sp³-hybridized carbons (Fsp3) is 0.636. The van der Waals surface area contributed by atoms with E-state index in [4.69, 9.17) is 0 Å². The fourth-order valence-electron chi connectivity index (χ4n) is 2.75. The summed E-state index contributed by atoms with van der Waals surface area (Å²) in [5, 5.41) is 7.41. The van der Waals surface area contributed by atoms with Gasteiger partial charge in [-0.2, -0.15) is 5.10 Å². The Morgan fingerprint density at radius 2 is 2.38 bits per heavy atom. The van der Waals surface area contributed by atoms with E-state index >= 15 is 0 Å². The van der Waals surface area contributed by atoms with E-state index in [9.17, 15) is 4.79 Å². The second kappa shape index (κ2) is 3.31. The van der Waals surface area contributed by atoms with E-state index < -0.39 is 0 Å². The molecule has 0 aliphatic carbocycles. The molecule has 1 unspecified atom stereocenters. The molecule has 0 bridgehead atoms. The molecule has 0 saturated carbocycles. The Kier molecular flexibility index (Phi) is 2.04. The van der Waals surface area contributed by atoms with Crippen LogP contribution in [0.4, 0.5) is 5.69 Å². The highest BCUT2D eigenvalue weighted by Crippen LogP contribution is 2.39. The third kappa shape index (κ3) is 1.28. The minimum atomic E-state index is -0.129. The third-order valence-corrected chi connectivity index (χ3v) is 3.76. The summed E-state index contributed by atoms with van der Waals surface area (Å²) < 4.78 is 1.74. The van der Waals surface area contributed by atoms with Gasteiger partial charge in [-0.25, -0.2) is 0 Å². The Balaban J connectivity index is 1.87. The maximum atomic E-state index is 12.4. The van der Waals surface area contributed by atoms with Crippen molar-refractivity contribution in [1.29, 1.82) is 0 Å². The van der Waals surface area contributed by atoms with Crippen molar-refractivity contribution in [3.63, 3.8) is 0 Å². The maximum Gasteiger partial charge on any atom is 0.234 e. The topological polar surface area (TPSA) is 50.2 Å². The molecule has 5 nitrogen and oxygen atoms in total. The molecule has 0 radical (unpaired) electrons. The summed E-state index contributed by atoms with van der Waals surface area (Å²) in [7, 11) is 1.87. The van der Waals surface area contributed by atoms with Crippen LogP contribution in [0.5, 0.6) is 0 Å². The lowest BCUT2D eigenvalue weighted by molar-refractivity contribution is -0.124. The first-order valence-electron chi connectivity index (χ1n) is 5.73. The number of aromatic nitrogens is 2. The molecule has 1 amide bonds. The molecular weight excluding hydrogens is 204 g/mol. The van der Waals surface area contributed by atoms with Crippen LogP contribution in [0.2, 0.25) is 0 Å². The number of amides is 1. The van der Waals surface area contributed by atoms with Gasteiger partial charge in [0.15, 0.2) is 0 Å². The number of hydrogen-bond donors (Lipinski definition) is 1. The average molecular weight is 220 g/mol. The molecule has 0 aromatic carbocycles. The van der Waals surface area contributed by atoms with Crippen LogP contribution in [-0.2, 0) is 11.8 Å². The van der Waals surface area contributed by atoms with Crippen molar-refractivity contribution in [1.82, 2.24) is 15.1 Å². The predicted octanol–water partition coefficient (Wildman–Crippen LogP) is 0.136. The van der Waals surface area contributed by atoms with Gasteiger partial charge in [0.25, 0.3) is 0 Å². The van der Waals surface area contributed by atoms with Crippen molar-refractivity contribution >= 4 is 11.6 Å². The van der Waals surface area contributed by atoms with Gasteiger partial charge in [0.1, 0.15) is 0 Å². The first kappa shape index (κ1) is 9.84. The predicted molar refractivity (Wildman–Crippen MR) is 60.1 cm³/mol. The highest BCUT2D eigenvalue weighted by molar-refractivity contribution is 6.00. The van der Waals surface area contributed by atoms with Crippen LogP contribution in [0.3, 0.4) is 0 Å². The molecule has 86 valence electrons. The molecule has 2 aliphatic rings. The van der Waals surface area contributed by atoms with Gasteiger partial charge in [0.05, 0.1) is 17.3 Å². The molecule has 1 atom stereocenters. The van der Waals surface area contributed by atoms with Crippen LogP contribution in [0.1, 0.15) is 12.8 Å². The molecule has 16 heavy (non-hydrogen) atoms. The molecule has 1 aromatic rings. The van der Waals surface area contributed by atoms with Crippen molar-refractivity contribution in [2.75, 3.05) is 24.5 Å². The summed E-state index contributed by atoms with van der Waals surface area (Å²) in [6.07, 6.45) is 5.61. The van der Waals surface area contributed by atoms with Gasteiger partial charge in [-0.05, 0) is 19.4 Å². The van der Waals surface area contributed by atoms with Gasteiger partial charge in [0.2, 0.25) is 5.91 Å². The Morgan fingerprint density at radius 1 is 1.50 bits per heavy atom. The highest BCUT2D eigenvalue weighted by Gasteiger charge is 2.48. The zero-order chi connectivity index (χ0) is 11.2. The van der Waals surface area contributed by atoms with Crippen molar-refractivity contribution in [2.24, 2.45) is 12.5 Å². The summed E-state index contributed by atoms with van der Waals surface area (Å²) in [6, 6.07) is 0. The SMILES string of the molecule is Cn1cc(N2CCC3(CCNC3)C2=O)cn1. The lowest BCUT2D eigenvalue weighted by atomic mass is 9.86.